The number of alkyl halides is 3. The molecule has 1 fully saturated rings. The molecule has 5 nitrogen and oxygen atoms in total. The summed E-state index contributed by atoms with van der Waals surface area (Å²) in [5, 5.41) is 1.74. The molecule has 10 heteroatoms. The van der Waals surface area contributed by atoms with Gasteiger partial charge in [-0.2, -0.15) is 13.2 Å². The first-order chi connectivity index (χ1) is 18.5. The number of carbonyl (C=O) groups excluding carboxylic acids is 1. The van der Waals surface area contributed by atoms with Crippen molar-refractivity contribution in [2.75, 3.05) is 18.6 Å². The Morgan fingerprint density at radius 2 is 1.85 bits per heavy atom. The second kappa shape index (κ2) is 13.6. The molecule has 1 N–H and O–H groups in total. The Bertz CT molecular complexity index is 1220. The highest BCUT2D eigenvalue weighted by Crippen LogP contribution is 2.33. The molecule has 2 aromatic carbocycles. The second-order valence-corrected chi connectivity index (χ2v) is 9.66. The van der Waals surface area contributed by atoms with E-state index in [0.717, 1.165) is 42.2 Å². The van der Waals surface area contributed by atoms with E-state index in [2.05, 4.69) is 13.2 Å². The van der Waals surface area contributed by atoms with Crippen molar-refractivity contribution in [3.05, 3.63) is 94.8 Å². The Balaban J connectivity index is 1.77. The van der Waals surface area contributed by atoms with Gasteiger partial charge in [0.05, 0.1) is 11.8 Å². The lowest BCUT2D eigenvalue weighted by Gasteiger charge is -2.24. The number of hydrogen-bond donors (Lipinski definition) is 1. The van der Waals surface area contributed by atoms with Crippen LogP contribution in [0.3, 0.4) is 0 Å². The van der Waals surface area contributed by atoms with Crippen LogP contribution < -0.4 is 15.0 Å². The lowest BCUT2D eigenvalue weighted by Crippen LogP contribution is -2.27. The minimum absolute atomic E-state index is 0.0454. The Morgan fingerprint density at radius 1 is 1.15 bits per heavy atom. The molecular weight excluding hydrogens is 536 g/mol. The summed E-state index contributed by atoms with van der Waals surface area (Å²) in [5.41, 5.74) is -0.297. The Morgan fingerprint density at radius 3 is 2.51 bits per heavy atom. The summed E-state index contributed by atoms with van der Waals surface area (Å²) in [7, 11) is 1.36. The molecule has 2 aromatic rings. The van der Waals surface area contributed by atoms with Gasteiger partial charge in [0.1, 0.15) is 29.6 Å². The molecule has 1 aliphatic carbocycles. The fourth-order valence-corrected chi connectivity index (χ4v) is 4.48. The van der Waals surface area contributed by atoms with E-state index >= 15 is 0 Å². The van der Waals surface area contributed by atoms with E-state index in [-0.39, 0.29) is 41.9 Å². The molecular formula is C29H31ClF4N2O3. The summed E-state index contributed by atoms with van der Waals surface area (Å²) < 4.78 is 66.3. The molecule has 0 spiro atoms. The van der Waals surface area contributed by atoms with E-state index in [1.165, 1.54) is 19.5 Å². The number of amides is 1. The number of benzene rings is 2. The Kier molecular flexibility index (Phi) is 10.5. The Hall–Kier alpha value is -3.46. The van der Waals surface area contributed by atoms with Gasteiger partial charge in [-0.25, -0.2) is 4.39 Å². The zero-order valence-electron chi connectivity index (χ0n) is 21.6. The zero-order chi connectivity index (χ0) is 28.6. The number of para-hydroxylation sites is 1. The van der Waals surface area contributed by atoms with Crippen molar-refractivity contribution in [2.24, 2.45) is 0 Å². The summed E-state index contributed by atoms with van der Waals surface area (Å²) in [4.78, 5) is 11.7. The first-order valence-electron chi connectivity index (χ1n) is 12.4. The van der Waals surface area contributed by atoms with E-state index in [1.54, 1.807) is 11.4 Å². The monoisotopic (exact) mass is 566 g/mol. The number of anilines is 1. The molecule has 0 heterocycles. The molecule has 210 valence electrons. The molecule has 1 saturated carbocycles. The van der Waals surface area contributed by atoms with Crippen molar-refractivity contribution >= 4 is 23.7 Å². The zero-order valence-corrected chi connectivity index (χ0v) is 22.4. The Labute approximate surface area is 230 Å². The maximum absolute atomic E-state index is 14.9. The van der Waals surface area contributed by atoms with E-state index in [0.29, 0.717) is 23.1 Å². The molecule has 0 unspecified atom stereocenters. The number of carbonyl (C=O) groups is 1. The third kappa shape index (κ3) is 8.51. The van der Waals surface area contributed by atoms with Gasteiger partial charge in [-0.05, 0) is 61.1 Å². The van der Waals surface area contributed by atoms with E-state index in [1.807, 2.05) is 18.2 Å². The van der Waals surface area contributed by atoms with Crippen molar-refractivity contribution in [3.8, 4) is 5.75 Å². The highest BCUT2D eigenvalue weighted by atomic mass is 35.5. The molecule has 0 radical (unpaired) electrons. The van der Waals surface area contributed by atoms with Gasteiger partial charge in [-0.1, -0.05) is 49.4 Å². The number of nitrogens with zero attached hydrogens (tertiary/aromatic N) is 1. The predicted molar refractivity (Wildman–Crippen MR) is 144 cm³/mol. The lowest BCUT2D eigenvalue weighted by molar-refractivity contribution is -0.116. The number of rotatable bonds is 12. The quantitative estimate of drug-likeness (QED) is 0.125. The molecule has 1 aliphatic rings. The second-order valence-electron chi connectivity index (χ2n) is 9.25. The highest BCUT2D eigenvalue weighted by molar-refractivity contribution is 6.31. The fourth-order valence-electron chi connectivity index (χ4n) is 4.27. The first-order valence-corrected chi connectivity index (χ1v) is 12.8. The van der Waals surface area contributed by atoms with Crippen molar-refractivity contribution in [1.82, 2.24) is 5.32 Å². The third-order valence-electron chi connectivity index (χ3n) is 6.37. The van der Waals surface area contributed by atoms with Crippen LogP contribution in [0.1, 0.15) is 43.2 Å². The minimum Gasteiger partial charge on any atom is -0.492 e. The number of nitrogens with one attached hydrogen (secondary N) is 1. The number of halogens is 5. The maximum Gasteiger partial charge on any atom is 0.431 e. The van der Waals surface area contributed by atoms with Gasteiger partial charge in [0.2, 0.25) is 6.41 Å². The number of allylic oxidation sites excluding steroid dienone is 2. The largest absolute Gasteiger partial charge is 0.492 e. The molecule has 0 aromatic heterocycles. The van der Waals surface area contributed by atoms with Crippen LogP contribution in [-0.4, -0.2) is 32.3 Å². The molecule has 3 rings (SSSR count). The standard InChI is InChI=1S/C29H31ClF4N2O3/c1-19(13-28(35-18-37)29(32,33)34)36(3)26-15-22(24(30)16-25(26)31)14-21-9-7-8-12-27(21)38-17-20(2)39-23-10-5-4-6-11-23/h7-9,12-13,15-16,18,23H,1-2,4-6,10-11,14,17H2,3H3,(H,35,37)/b28-13-. The molecule has 1 amide bonds. The summed E-state index contributed by atoms with van der Waals surface area (Å²) in [6.45, 7) is 7.74. The smallest absolute Gasteiger partial charge is 0.431 e. The van der Waals surface area contributed by atoms with Gasteiger partial charge in [0.15, 0.2) is 0 Å². The van der Waals surface area contributed by atoms with Crippen LogP contribution in [0.5, 0.6) is 5.75 Å². The fraction of sp³-hybridized carbons (Fsp3) is 0.345. The van der Waals surface area contributed by atoms with E-state index < -0.39 is 17.7 Å². The van der Waals surface area contributed by atoms with E-state index in [9.17, 15) is 22.4 Å². The summed E-state index contributed by atoms with van der Waals surface area (Å²) >= 11 is 6.34. The van der Waals surface area contributed by atoms with Crippen molar-refractivity contribution in [2.45, 2.75) is 50.8 Å². The van der Waals surface area contributed by atoms with Crippen molar-refractivity contribution < 1.29 is 31.8 Å². The number of ether oxygens (including phenoxy) is 2. The summed E-state index contributed by atoms with van der Waals surface area (Å²) in [6, 6.07) is 9.81. The van der Waals surface area contributed by atoms with Crippen molar-refractivity contribution in [3.63, 3.8) is 0 Å². The van der Waals surface area contributed by atoms with Gasteiger partial charge in [0.25, 0.3) is 0 Å². The van der Waals surface area contributed by atoms with Crippen LogP contribution in [0, 0.1) is 5.82 Å². The lowest BCUT2D eigenvalue weighted by atomic mass is 9.98. The van der Waals surface area contributed by atoms with Crippen LogP contribution in [0.15, 0.2) is 72.8 Å². The molecule has 0 bridgehead atoms. The maximum atomic E-state index is 14.9. The minimum atomic E-state index is -4.83. The summed E-state index contributed by atoms with van der Waals surface area (Å²) in [5.74, 6) is 0.357. The van der Waals surface area contributed by atoms with Crippen LogP contribution in [0.4, 0.5) is 23.2 Å². The van der Waals surface area contributed by atoms with Crippen LogP contribution >= 0.6 is 11.6 Å². The molecule has 0 atom stereocenters. The van der Waals surface area contributed by atoms with Crippen molar-refractivity contribution in [1.29, 1.82) is 0 Å². The average Bonchev–Trinajstić information content (AvgIpc) is 2.89. The molecule has 0 saturated heterocycles. The number of likely N-dealkylation sites (N-methyl/N-ethyl adjacent to an activating group) is 1. The van der Waals surface area contributed by atoms with E-state index in [4.69, 9.17) is 21.1 Å². The van der Waals surface area contributed by atoms with Gasteiger partial charge < -0.3 is 19.7 Å². The van der Waals surface area contributed by atoms with Crippen LogP contribution in [0.2, 0.25) is 5.02 Å². The van der Waals surface area contributed by atoms with Gasteiger partial charge in [-0.15, -0.1) is 0 Å². The predicted octanol–water partition coefficient (Wildman–Crippen LogP) is 7.45. The third-order valence-corrected chi connectivity index (χ3v) is 6.72. The van der Waals surface area contributed by atoms with Gasteiger partial charge in [0, 0.05) is 24.2 Å². The number of hydrogen-bond acceptors (Lipinski definition) is 4. The molecule has 39 heavy (non-hydrogen) atoms. The van der Waals surface area contributed by atoms with Gasteiger partial charge in [-0.3, -0.25) is 4.79 Å². The SMILES string of the molecule is C=C(COc1ccccc1Cc1cc(N(C)C(=C)/C=C(\NC=O)C(F)(F)F)c(F)cc1Cl)OC1CCCCC1. The first kappa shape index (κ1) is 30.1. The topological polar surface area (TPSA) is 50.8 Å². The highest BCUT2D eigenvalue weighted by Gasteiger charge is 2.34. The van der Waals surface area contributed by atoms with Crippen LogP contribution in [-0.2, 0) is 16.0 Å². The molecule has 0 aliphatic heterocycles. The summed E-state index contributed by atoms with van der Waals surface area (Å²) in [6.07, 6.45) is 1.62. The normalized spacial score (nSPS) is 14.5. The van der Waals surface area contributed by atoms with Gasteiger partial charge >= 0.3 is 6.18 Å². The van der Waals surface area contributed by atoms with Crippen LogP contribution in [0.25, 0.3) is 0 Å². The average molecular weight is 567 g/mol.